The first kappa shape index (κ1) is 19.2. The van der Waals surface area contributed by atoms with Crippen molar-refractivity contribution in [2.24, 2.45) is 7.05 Å². The van der Waals surface area contributed by atoms with Crippen LogP contribution in [-0.4, -0.2) is 28.8 Å². The molecule has 2 rings (SSSR count). The predicted octanol–water partition coefficient (Wildman–Crippen LogP) is 2.16. The van der Waals surface area contributed by atoms with Gasteiger partial charge in [-0.05, 0) is 38.4 Å². The predicted molar refractivity (Wildman–Crippen MR) is 94.7 cm³/mol. The molecule has 2 aromatic rings. The molecule has 2 atom stereocenters. The van der Waals surface area contributed by atoms with Crippen LogP contribution in [-0.2, 0) is 18.3 Å². The second-order valence-corrected chi connectivity index (χ2v) is 5.71. The van der Waals surface area contributed by atoms with Crippen LogP contribution in [0.5, 0.6) is 0 Å². The topological polar surface area (TPSA) is 59.0 Å². The first-order valence-electron chi connectivity index (χ1n) is 7.52. The van der Waals surface area contributed by atoms with Crippen molar-refractivity contribution in [3.63, 3.8) is 0 Å². The Balaban J connectivity index is 0.00000264. The number of benzene rings is 1. The molecular weight excluding hydrogens is 312 g/mol. The molecule has 0 saturated heterocycles. The Morgan fingerprint density at radius 1 is 1.35 bits per heavy atom. The molecule has 126 valence electrons. The molecule has 2 N–H and O–H groups in total. The number of aromatic nitrogens is 2. The maximum Gasteiger partial charge on any atom is 0.242 e. The number of hydrogen-bond acceptors (Lipinski definition) is 3. The number of rotatable bonds is 6. The summed E-state index contributed by atoms with van der Waals surface area (Å²) in [5, 5.41) is 10.2. The number of carbonyl (C=O) groups excluding carboxylic acids is 1. The molecule has 1 aromatic carbocycles. The number of aryl methyl sites for hydroxylation is 2. The molecular formula is C17H25ClN4O. The van der Waals surface area contributed by atoms with Gasteiger partial charge in [-0.15, -0.1) is 12.4 Å². The maximum atomic E-state index is 12.5. The zero-order valence-corrected chi connectivity index (χ0v) is 14.9. The van der Waals surface area contributed by atoms with Crippen LogP contribution in [0.15, 0.2) is 36.7 Å². The third-order valence-corrected chi connectivity index (χ3v) is 3.79. The summed E-state index contributed by atoms with van der Waals surface area (Å²) in [5.74, 6) is -0.0309. The van der Waals surface area contributed by atoms with Crippen molar-refractivity contribution in [3.05, 3.63) is 53.3 Å². The number of amides is 1. The number of halogens is 1. The summed E-state index contributed by atoms with van der Waals surface area (Å²) in [6.45, 7) is 4.12. The number of nitrogens with one attached hydrogen (secondary N) is 2. The lowest BCUT2D eigenvalue weighted by Crippen LogP contribution is -2.41. The highest BCUT2D eigenvalue weighted by atomic mass is 35.5. The Kier molecular flexibility index (Phi) is 7.26. The van der Waals surface area contributed by atoms with Crippen LogP contribution in [0.2, 0.25) is 0 Å². The largest absolute Gasteiger partial charge is 0.352 e. The standard InChI is InChI=1S/C17H24N4O.ClH/c1-12-7-5-6-8-14(12)9-13(2)20-17(22)16(18-3)15-10-19-21(4)11-15;/h5-8,10-11,13,16,18H,9H2,1-4H3,(H,20,22);1H. The van der Waals surface area contributed by atoms with Gasteiger partial charge in [-0.3, -0.25) is 9.48 Å². The summed E-state index contributed by atoms with van der Waals surface area (Å²) in [4.78, 5) is 12.5. The molecule has 1 heterocycles. The highest BCUT2D eigenvalue weighted by Gasteiger charge is 2.21. The van der Waals surface area contributed by atoms with Gasteiger partial charge in [0.25, 0.3) is 0 Å². The van der Waals surface area contributed by atoms with Gasteiger partial charge in [0, 0.05) is 24.8 Å². The van der Waals surface area contributed by atoms with Crippen molar-refractivity contribution in [3.8, 4) is 0 Å². The van der Waals surface area contributed by atoms with Crippen molar-refractivity contribution in [2.75, 3.05) is 7.05 Å². The molecule has 1 aromatic heterocycles. The summed E-state index contributed by atoms with van der Waals surface area (Å²) in [6, 6.07) is 7.95. The molecule has 0 saturated carbocycles. The number of hydrogen-bond donors (Lipinski definition) is 2. The molecule has 2 unspecified atom stereocenters. The highest BCUT2D eigenvalue weighted by Crippen LogP contribution is 2.13. The van der Waals surface area contributed by atoms with Gasteiger partial charge in [0.05, 0.1) is 6.20 Å². The van der Waals surface area contributed by atoms with Crippen LogP contribution in [0.3, 0.4) is 0 Å². The minimum Gasteiger partial charge on any atom is -0.352 e. The average Bonchev–Trinajstić information content (AvgIpc) is 2.88. The Hall–Kier alpha value is -1.85. The maximum absolute atomic E-state index is 12.5. The molecule has 0 bridgehead atoms. The minimum absolute atomic E-state index is 0. The summed E-state index contributed by atoms with van der Waals surface area (Å²) in [5.41, 5.74) is 3.38. The third kappa shape index (κ3) is 5.08. The Morgan fingerprint density at radius 3 is 2.61 bits per heavy atom. The van der Waals surface area contributed by atoms with Crippen molar-refractivity contribution >= 4 is 18.3 Å². The van der Waals surface area contributed by atoms with Gasteiger partial charge in [-0.2, -0.15) is 5.10 Å². The lowest BCUT2D eigenvalue weighted by atomic mass is 10.0. The fourth-order valence-electron chi connectivity index (χ4n) is 2.58. The highest BCUT2D eigenvalue weighted by molar-refractivity contribution is 5.85. The Labute approximate surface area is 143 Å². The first-order valence-corrected chi connectivity index (χ1v) is 7.52. The van der Waals surface area contributed by atoms with E-state index in [-0.39, 0.29) is 30.4 Å². The lowest BCUT2D eigenvalue weighted by Gasteiger charge is -2.20. The van der Waals surface area contributed by atoms with E-state index in [1.807, 2.05) is 32.3 Å². The zero-order valence-electron chi connectivity index (χ0n) is 14.0. The fraction of sp³-hybridized carbons (Fsp3) is 0.412. The van der Waals surface area contributed by atoms with Crippen molar-refractivity contribution in [1.82, 2.24) is 20.4 Å². The molecule has 0 aliphatic rings. The fourth-order valence-corrected chi connectivity index (χ4v) is 2.58. The van der Waals surface area contributed by atoms with Gasteiger partial charge in [0.1, 0.15) is 6.04 Å². The Morgan fingerprint density at radius 2 is 2.04 bits per heavy atom. The normalized spacial score (nSPS) is 13.0. The van der Waals surface area contributed by atoms with Crippen molar-refractivity contribution in [2.45, 2.75) is 32.4 Å². The van der Waals surface area contributed by atoms with Crippen LogP contribution in [0.25, 0.3) is 0 Å². The van der Waals surface area contributed by atoms with Gasteiger partial charge >= 0.3 is 0 Å². The molecule has 0 radical (unpaired) electrons. The number of likely N-dealkylation sites (N-methyl/N-ethyl adjacent to an activating group) is 1. The van der Waals surface area contributed by atoms with Crippen molar-refractivity contribution < 1.29 is 4.79 Å². The molecule has 0 aliphatic carbocycles. The second kappa shape index (κ2) is 8.70. The Bertz CT molecular complexity index is 641. The van der Waals surface area contributed by atoms with Crippen LogP contribution in [0.1, 0.15) is 29.7 Å². The zero-order chi connectivity index (χ0) is 16.1. The first-order chi connectivity index (χ1) is 10.5. The van der Waals surface area contributed by atoms with Gasteiger partial charge < -0.3 is 10.6 Å². The molecule has 23 heavy (non-hydrogen) atoms. The van der Waals surface area contributed by atoms with E-state index in [0.717, 1.165) is 12.0 Å². The average molecular weight is 337 g/mol. The summed E-state index contributed by atoms with van der Waals surface area (Å²) in [7, 11) is 3.62. The van der Waals surface area contributed by atoms with Crippen LogP contribution < -0.4 is 10.6 Å². The van der Waals surface area contributed by atoms with Crippen molar-refractivity contribution in [1.29, 1.82) is 0 Å². The van der Waals surface area contributed by atoms with Gasteiger partial charge in [0.15, 0.2) is 0 Å². The van der Waals surface area contributed by atoms with E-state index in [9.17, 15) is 4.79 Å². The van der Waals surface area contributed by atoms with E-state index in [1.165, 1.54) is 11.1 Å². The summed E-state index contributed by atoms with van der Waals surface area (Å²) < 4.78 is 1.70. The SMILES string of the molecule is CNC(C(=O)NC(C)Cc1ccccc1C)c1cnn(C)c1.Cl. The minimum atomic E-state index is -0.381. The molecule has 6 heteroatoms. The van der Waals surface area contributed by atoms with E-state index >= 15 is 0 Å². The van der Waals surface area contributed by atoms with Gasteiger partial charge in [-0.25, -0.2) is 0 Å². The van der Waals surface area contributed by atoms with Crippen LogP contribution in [0.4, 0.5) is 0 Å². The smallest absolute Gasteiger partial charge is 0.242 e. The molecule has 0 aliphatic heterocycles. The quantitative estimate of drug-likeness (QED) is 0.850. The second-order valence-electron chi connectivity index (χ2n) is 5.71. The summed E-state index contributed by atoms with van der Waals surface area (Å²) in [6.07, 6.45) is 4.39. The van der Waals surface area contributed by atoms with E-state index in [0.29, 0.717) is 0 Å². The van der Waals surface area contributed by atoms with Crippen LogP contribution in [0, 0.1) is 6.92 Å². The number of carbonyl (C=O) groups is 1. The summed E-state index contributed by atoms with van der Waals surface area (Å²) >= 11 is 0. The van der Waals surface area contributed by atoms with E-state index < -0.39 is 0 Å². The lowest BCUT2D eigenvalue weighted by molar-refractivity contribution is -0.123. The molecule has 0 fully saturated rings. The van der Waals surface area contributed by atoms with Gasteiger partial charge in [0.2, 0.25) is 5.91 Å². The third-order valence-electron chi connectivity index (χ3n) is 3.79. The molecule has 5 nitrogen and oxygen atoms in total. The van der Waals surface area contributed by atoms with E-state index in [1.54, 1.807) is 17.9 Å². The van der Waals surface area contributed by atoms with E-state index in [4.69, 9.17) is 0 Å². The number of nitrogens with zero attached hydrogens (tertiary/aromatic N) is 2. The van der Waals surface area contributed by atoms with E-state index in [2.05, 4.69) is 34.8 Å². The van der Waals surface area contributed by atoms with Gasteiger partial charge in [-0.1, -0.05) is 24.3 Å². The molecule has 1 amide bonds. The van der Waals surface area contributed by atoms with Crippen LogP contribution >= 0.6 is 12.4 Å². The molecule has 0 spiro atoms. The monoisotopic (exact) mass is 336 g/mol.